The first-order valence-corrected chi connectivity index (χ1v) is 10.8. The van der Waals surface area contributed by atoms with Gasteiger partial charge in [0.25, 0.3) is 0 Å². The van der Waals surface area contributed by atoms with Crippen molar-refractivity contribution >= 4 is 24.2 Å². The third-order valence-corrected chi connectivity index (χ3v) is 9.21. The lowest BCUT2D eigenvalue weighted by atomic mass is 10.0. The minimum absolute atomic E-state index is 0.171. The van der Waals surface area contributed by atoms with Gasteiger partial charge in [0.05, 0.1) is 0 Å². The van der Waals surface area contributed by atoms with E-state index in [0.29, 0.717) is 6.61 Å². The van der Waals surface area contributed by atoms with Gasteiger partial charge in [0.1, 0.15) is 0 Å². The van der Waals surface area contributed by atoms with Crippen molar-refractivity contribution in [3.05, 3.63) is 34.3 Å². The molecule has 0 saturated heterocycles. The number of hydrogen-bond acceptors (Lipinski definition) is 2. The summed E-state index contributed by atoms with van der Waals surface area (Å²) in [4.78, 5) is 0. The summed E-state index contributed by atoms with van der Waals surface area (Å²) < 4.78 is 7.30. The molecule has 0 amide bonds. The van der Waals surface area contributed by atoms with Crippen LogP contribution in [0.2, 0.25) is 18.1 Å². The quantitative estimate of drug-likeness (QED) is 0.751. The number of halogens is 1. The lowest BCUT2D eigenvalue weighted by molar-refractivity contribution is 0.153. The minimum atomic E-state index is -1.73. The van der Waals surface area contributed by atoms with Crippen molar-refractivity contribution in [2.24, 2.45) is 5.92 Å². The summed E-state index contributed by atoms with van der Waals surface area (Å²) >= 11 is 3.44. The van der Waals surface area contributed by atoms with Crippen molar-refractivity contribution in [2.75, 3.05) is 13.2 Å². The summed E-state index contributed by atoms with van der Waals surface area (Å²) in [5.41, 5.74) is 1.24. The predicted octanol–water partition coefficient (Wildman–Crippen LogP) is 4.62. The van der Waals surface area contributed by atoms with E-state index in [4.69, 9.17) is 4.43 Å². The molecule has 0 aliphatic carbocycles. The Labute approximate surface area is 132 Å². The van der Waals surface area contributed by atoms with Crippen LogP contribution in [0.15, 0.2) is 28.7 Å². The van der Waals surface area contributed by atoms with Crippen LogP contribution in [-0.4, -0.2) is 26.6 Å². The van der Waals surface area contributed by atoms with Gasteiger partial charge in [-0.15, -0.1) is 0 Å². The van der Waals surface area contributed by atoms with Crippen LogP contribution in [0.4, 0.5) is 0 Å². The molecule has 0 saturated carbocycles. The van der Waals surface area contributed by atoms with Gasteiger partial charge < -0.3 is 9.53 Å². The van der Waals surface area contributed by atoms with E-state index in [9.17, 15) is 5.11 Å². The molecule has 1 N–H and O–H groups in total. The van der Waals surface area contributed by atoms with Crippen LogP contribution in [0.1, 0.15) is 26.3 Å². The molecule has 114 valence electrons. The Balaban J connectivity index is 2.58. The highest BCUT2D eigenvalue weighted by Crippen LogP contribution is 2.36. The highest BCUT2D eigenvalue weighted by Gasteiger charge is 2.37. The van der Waals surface area contributed by atoms with E-state index in [1.807, 2.05) is 12.1 Å². The first-order valence-electron chi connectivity index (χ1n) is 7.15. The molecule has 0 unspecified atom stereocenters. The van der Waals surface area contributed by atoms with Crippen LogP contribution in [0.5, 0.6) is 0 Å². The van der Waals surface area contributed by atoms with Gasteiger partial charge >= 0.3 is 0 Å². The molecule has 0 aliphatic rings. The number of aliphatic hydroxyl groups excluding tert-OH is 1. The maximum atomic E-state index is 9.57. The Hall–Kier alpha value is -0.163. The Bertz CT molecular complexity index is 409. The van der Waals surface area contributed by atoms with E-state index < -0.39 is 8.32 Å². The second-order valence-corrected chi connectivity index (χ2v) is 12.7. The van der Waals surface area contributed by atoms with E-state index in [1.54, 1.807) is 0 Å². The van der Waals surface area contributed by atoms with Gasteiger partial charge in [-0.3, -0.25) is 0 Å². The van der Waals surface area contributed by atoms with Crippen molar-refractivity contribution < 1.29 is 9.53 Å². The van der Waals surface area contributed by atoms with Crippen LogP contribution < -0.4 is 0 Å². The van der Waals surface area contributed by atoms with E-state index in [-0.39, 0.29) is 17.6 Å². The molecular weight excluding hydrogens is 332 g/mol. The fraction of sp³-hybridized carbons (Fsp3) is 0.625. The van der Waals surface area contributed by atoms with Crippen LogP contribution in [0, 0.1) is 5.92 Å². The Morgan fingerprint density at radius 1 is 1.20 bits per heavy atom. The molecule has 1 aromatic carbocycles. The van der Waals surface area contributed by atoms with E-state index in [0.717, 1.165) is 10.9 Å². The standard InChI is InChI=1S/C16H27BrO2Si/c1-16(2,3)20(4,5)19-12-14(11-18)10-13-6-8-15(17)9-7-13/h6-9,14,18H,10-12H2,1-5H3/t14-/m1/s1. The van der Waals surface area contributed by atoms with Gasteiger partial charge in [0.15, 0.2) is 8.32 Å². The van der Waals surface area contributed by atoms with E-state index in [1.165, 1.54) is 5.56 Å². The maximum Gasteiger partial charge on any atom is 0.191 e. The van der Waals surface area contributed by atoms with Gasteiger partial charge in [-0.2, -0.15) is 0 Å². The number of aliphatic hydroxyl groups is 1. The first-order chi connectivity index (χ1) is 9.15. The summed E-state index contributed by atoms with van der Waals surface area (Å²) in [6.45, 7) is 12.0. The van der Waals surface area contributed by atoms with Gasteiger partial charge in [-0.05, 0) is 42.2 Å². The maximum absolute atomic E-state index is 9.57. The lowest BCUT2D eigenvalue weighted by Crippen LogP contribution is -2.42. The van der Waals surface area contributed by atoms with Gasteiger partial charge in [0, 0.05) is 23.6 Å². The highest BCUT2D eigenvalue weighted by molar-refractivity contribution is 9.10. The van der Waals surface area contributed by atoms with Crippen LogP contribution in [0.25, 0.3) is 0 Å². The van der Waals surface area contributed by atoms with Crippen molar-refractivity contribution in [1.82, 2.24) is 0 Å². The van der Waals surface area contributed by atoms with E-state index >= 15 is 0 Å². The Kier molecular flexibility index (Phi) is 6.45. The molecule has 0 aliphatic heterocycles. The third kappa shape index (κ3) is 5.32. The zero-order valence-corrected chi connectivity index (χ0v) is 15.8. The Morgan fingerprint density at radius 3 is 2.20 bits per heavy atom. The summed E-state index contributed by atoms with van der Waals surface area (Å²) in [5, 5.41) is 9.78. The van der Waals surface area contributed by atoms with Crippen molar-refractivity contribution in [3.63, 3.8) is 0 Å². The molecular formula is C16H27BrO2Si. The molecule has 1 atom stereocenters. The molecule has 1 aromatic rings. The smallest absolute Gasteiger partial charge is 0.191 e. The van der Waals surface area contributed by atoms with Gasteiger partial charge in [-0.25, -0.2) is 0 Å². The van der Waals surface area contributed by atoms with Crippen LogP contribution >= 0.6 is 15.9 Å². The summed E-state index contributed by atoms with van der Waals surface area (Å²) in [6, 6.07) is 8.27. The fourth-order valence-electron chi connectivity index (χ4n) is 1.67. The van der Waals surface area contributed by atoms with Crippen molar-refractivity contribution in [2.45, 2.75) is 45.3 Å². The monoisotopic (exact) mass is 358 g/mol. The minimum Gasteiger partial charge on any atom is -0.416 e. The summed E-state index contributed by atoms with van der Waals surface area (Å²) in [7, 11) is -1.73. The SMILES string of the molecule is CC(C)(C)[Si](C)(C)OC[C@@H](CO)Cc1ccc(Br)cc1. The molecule has 0 radical (unpaired) electrons. The van der Waals surface area contributed by atoms with Gasteiger partial charge in [-0.1, -0.05) is 48.8 Å². The number of rotatable bonds is 6. The molecule has 4 heteroatoms. The third-order valence-electron chi connectivity index (χ3n) is 4.18. The van der Waals surface area contributed by atoms with E-state index in [2.05, 4.69) is 61.9 Å². The largest absolute Gasteiger partial charge is 0.416 e. The average molecular weight is 359 g/mol. The number of hydrogen-bond donors (Lipinski definition) is 1. The second-order valence-electron chi connectivity index (χ2n) is 6.95. The fourth-order valence-corrected chi connectivity index (χ4v) is 3.02. The molecule has 2 nitrogen and oxygen atoms in total. The summed E-state index contributed by atoms with van der Waals surface area (Å²) in [6.07, 6.45) is 0.860. The first kappa shape index (κ1) is 17.9. The van der Waals surface area contributed by atoms with Crippen LogP contribution in [0.3, 0.4) is 0 Å². The summed E-state index contributed by atoms with van der Waals surface area (Å²) in [5.74, 6) is 0.172. The number of benzene rings is 1. The normalized spacial score (nSPS) is 14.3. The molecule has 0 aromatic heterocycles. The average Bonchev–Trinajstić information content (AvgIpc) is 2.35. The topological polar surface area (TPSA) is 29.5 Å². The molecule has 20 heavy (non-hydrogen) atoms. The molecule has 1 rings (SSSR count). The zero-order valence-electron chi connectivity index (χ0n) is 13.2. The highest BCUT2D eigenvalue weighted by atomic mass is 79.9. The molecule has 0 bridgehead atoms. The van der Waals surface area contributed by atoms with Crippen LogP contribution in [-0.2, 0) is 10.8 Å². The van der Waals surface area contributed by atoms with Crippen molar-refractivity contribution in [1.29, 1.82) is 0 Å². The molecule has 0 fully saturated rings. The Morgan fingerprint density at radius 2 is 1.75 bits per heavy atom. The second kappa shape index (κ2) is 7.21. The van der Waals surface area contributed by atoms with Gasteiger partial charge in [0.2, 0.25) is 0 Å². The lowest BCUT2D eigenvalue weighted by Gasteiger charge is -2.37. The molecule has 0 heterocycles. The van der Waals surface area contributed by atoms with Crippen molar-refractivity contribution in [3.8, 4) is 0 Å². The zero-order chi connectivity index (χ0) is 15.4. The molecule has 0 spiro atoms. The predicted molar refractivity (Wildman–Crippen MR) is 91.6 cm³/mol.